The van der Waals surface area contributed by atoms with Crippen molar-refractivity contribution in [1.29, 1.82) is 0 Å². The molecule has 2 amide bonds. The number of nitrogens with zero attached hydrogens (tertiary/aromatic N) is 1. The maximum atomic E-state index is 12.9. The first-order valence-electron chi connectivity index (χ1n) is 6.66. The first-order valence-corrected chi connectivity index (χ1v) is 6.66. The second-order valence-corrected chi connectivity index (χ2v) is 5.41. The summed E-state index contributed by atoms with van der Waals surface area (Å²) in [5.41, 5.74) is 0.112. The van der Waals surface area contributed by atoms with Gasteiger partial charge in [-0.05, 0) is 30.5 Å². The Morgan fingerprint density at radius 1 is 1.33 bits per heavy atom. The van der Waals surface area contributed by atoms with Gasteiger partial charge in [0.2, 0.25) is 5.91 Å². The molecule has 0 aromatic heterocycles. The number of anilines is 1. The molecule has 2 aliphatic rings. The summed E-state index contributed by atoms with van der Waals surface area (Å²) >= 11 is 0. The van der Waals surface area contributed by atoms with Gasteiger partial charge in [-0.2, -0.15) is 0 Å². The number of nitrogens with one attached hydrogen (secondary N) is 1. The van der Waals surface area contributed by atoms with E-state index in [4.69, 9.17) is 5.11 Å². The number of rotatable bonds is 1. The standard InChI is InChI=1S/C14H14F2N2O3/c15-11(16)8-1-2-10-9(7-8)14(12(19)17-10)3-5-18(6-4-14)13(20)21/h1-2,7,11H,3-6H2,(H,17,19)(H,20,21). The molecule has 2 heterocycles. The maximum Gasteiger partial charge on any atom is 0.407 e. The molecule has 1 spiro atoms. The topological polar surface area (TPSA) is 69.6 Å². The zero-order valence-electron chi connectivity index (χ0n) is 11.1. The molecular formula is C14H14F2N2O3. The number of alkyl halides is 2. The van der Waals surface area contributed by atoms with Crippen LogP contribution in [0.3, 0.4) is 0 Å². The molecule has 1 fully saturated rings. The molecule has 1 saturated heterocycles. The van der Waals surface area contributed by atoms with Crippen LogP contribution in [0.1, 0.15) is 30.4 Å². The van der Waals surface area contributed by atoms with E-state index in [9.17, 15) is 18.4 Å². The van der Waals surface area contributed by atoms with E-state index in [1.165, 1.54) is 23.1 Å². The Morgan fingerprint density at radius 2 is 2.00 bits per heavy atom. The van der Waals surface area contributed by atoms with Crippen LogP contribution in [0, 0.1) is 0 Å². The quantitative estimate of drug-likeness (QED) is 0.837. The van der Waals surface area contributed by atoms with Crippen LogP contribution < -0.4 is 5.32 Å². The van der Waals surface area contributed by atoms with Crippen molar-refractivity contribution in [2.24, 2.45) is 0 Å². The predicted octanol–water partition coefficient (Wildman–Crippen LogP) is 2.59. The number of likely N-dealkylation sites (tertiary alicyclic amines) is 1. The second-order valence-electron chi connectivity index (χ2n) is 5.41. The van der Waals surface area contributed by atoms with E-state index in [2.05, 4.69) is 5.32 Å². The number of carboxylic acid groups (broad SMARTS) is 1. The lowest BCUT2D eigenvalue weighted by molar-refractivity contribution is -0.122. The minimum atomic E-state index is -2.60. The predicted molar refractivity (Wildman–Crippen MR) is 70.5 cm³/mol. The SMILES string of the molecule is O=C(O)N1CCC2(CC1)C(=O)Nc1ccc(C(F)F)cc12. The van der Waals surface area contributed by atoms with Gasteiger partial charge in [0.25, 0.3) is 6.43 Å². The van der Waals surface area contributed by atoms with Crippen molar-refractivity contribution in [3.05, 3.63) is 29.3 Å². The van der Waals surface area contributed by atoms with Crippen LogP contribution >= 0.6 is 0 Å². The lowest BCUT2D eigenvalue weighted by Crippen LogP contribution is -2.47. The van der Waals surface area contributed by atoms with Gasteiger partial charge in [0.1, 0.15) is 0 Å². The first-order chi connectivity index (χ1) is 9.94. The summed E-state index contributed by atoms with van der Waals surface area (Å²) in [5, 5.41) is 11.7. The van der Waals surface area contributed by atoms with Gasteiger partial charge in [0.05, 0.1) is 5.41 Å². The molecule has 5 nitrogen and oxygen atoms in total. The fraction of sp³-hybridized carbons (Fsp3) is 0.429. The highest BCUT2D eigenvalue weighted by Gasteiger charge is 2.49. The van der Waals surface area contributed by atoms with Gasteiger partial charge < -0.3 is 15.3 Å². The third-order valence-corrected chi connectivity index (χ3v) is 4.38. The Kier molecular flexibility index (Phi) is 3.07. The zero-order valence-corrected chi connectivity index (χ0v) is 11.1. The normalized spacial score (nSPS) is 19.8. The Balaban J connectivity index is 1.97. The Hall–Kier alpha value is -2.18. The van der Waals surface area contributed by atoms with E-state index in [1.54, 1.807) is 0 Å². The lowest BCUT2D eigenvalue weighted by atomic mass is 9.73. The van der Waals surface area contributed by atoms with E-state index >= 15 is 0 Å². The minimum Gasteiger partial charge on any atom is -0.465 e. The molecule has 0 radical (unpaired) electrons. The van der Waals surface area contributed by atoms with Crippen molar-refractivity contribution in [2.75, 3.05) is 18.4 Å². The van der Waals surface area contributed by atoms with Gasteiger partial charge in [-0.25, -0.2) is 13.6 Å². The summed E-state index contributed by atoms with van der Waals surface area (Å²) in [5.74, 6) is -0.228. The molecule has 3 rings (SSSR count). The fourth-order valence-corrected chi connectivity index (χ4v) is 3.14. The number of carbonyl (C=O) groups is 2. The van der Waals surface area contributed by atoms with Gasteiger partial charge in [-0.15, -0.1) is 0 Å². The van der Waals surface area contributed by atoms with E-state index in [1.807, 2.05) is 0 Å². The number of amides is 2. The number of hydrogen-bond donors (Lipinski definition) is 2. The third kappa shape index (κ3) is 2.03. The van der Waals surface area contributed by atoms with Gasteiger partial charge in [0, 0.05) is 24.3 Å². The average molecular weight is 296 g/mol. The van der Waals surface area contributed by atoms with Crippen molar-refractivity contribution in [3.63, 3.8) is 0 Å². The fourth-order valence-electron chi connectivity index (χ4n) is 3.14. The largest absolute Gasteiger partial charge is 0.465 e. The molecule has 2 aliphatic heterocycles. The third-order valence-electron chi connectivity index (χ3n) is 4.38. The second kappa shape index (κ2) is 4.68. The van der Waals surface area contributed by atoms with Crippen molar-refractivity contribution in [2.45, 2.75) is 24.7 Å². The molecule has 0 atom stereocenters. The highest BCUT2D eigenvalue weighted by molar-refractivity contribution is 6.06. The van der Waals surface area contributed by atoms with Crippen LogP contribution in [0.15, 0.2) is 18.2 Å². The molecule has 0 bridgehead atoms. The number of benzene rings is 1. The number of piperidine rings is 1. The Bertz CT molecular complexity index is 610. The zero-order chi connectivity index (χ0) is 15.2. The van der Waals surface area contributed by atoms with Gasteiger partial charge in [-0.3, -0.25) is 4.79 Å². The highest BCUT2D eigenvalue weighted by atomic mass is 19.3. The molecule has 0 aliphatic carbocycles. The Morgan fingerprint density at radius 3 is 2.57 bits per heavy atom. The molecule has 1 aromatic rings. The average Bonchev–Trinajstić information content (AvgIpc) is 2.72. The minimum absolute atomic E-state index is 0.120. The lowest BCUT2D eigenvalue weighted by Gasteiger charge is -2.36. The molecular weight excluding hydrogens is 282 g/mol. The first kappa shape index (κ1) is 13.8. The van der Waals surface area contributed by atoms with Crippen LogP contribution in [0.4, 0.5) is 19.3 Å². The number of halogens is 2. The van der Waals surface area contributed by atoms with Crippen molar-refractivity contribution >= 4 is 17.7 Å². The van der Waals surface area contributed by atoms with Crippen molar-refractivity contribution in [3.8, 4) is 0 Å². The van der Waals surface area contributed by atoms with Gasteiger partial charge >= 0.3 is 6.09 Å². The van der Waals surface area contributed by atoms with Crippen LogP contribution in [-0.4, -0.2) is 35.1 Å². The number of carbonyl (C=O) groups excluding carboxylic acids is 1. The summed E-state index contributed by atoms with van der Waals surface area (Å²) in [7, 11) is 0. The maximum absolute atomic E-state index is 12.9. The van der Waals surface area contributed by atoms with Gasteiger partial charge in [-0.1, -0.05) is 6.07 Å². The summed E-state index contributed by atoms with van der Waals surface area (Å²) in [6, 6.07) is 4.16. The van der Waals surface area contributed by atoms with E-state index in [0.717, 1.165) is 0 Å². The molecule has 7 heteroatoms. The molecule has 21 heavy (non-hydrogen) atoms. The van der Waals surface area contributed by atoms with Crippen molar-refractivity contribution in [1.82, 2.24) is 4.90 Å². The summed E-state index contributed by atoms with van der Waals surface area (Å²) in [6.45, 7) is 0.447. The van der Waals surface area contributed by atoms with Crippen LogP contribution in [0.5, 0.6) is 0 Å². The van der Waals surface area contributed by atoms with Crippen LogP contribution in [0.2, 0.25) is 0 Å². The van der Waals surface area contributed by atoms with Crippen LogP contribution in [-0.2, 0) is 10.2 Å². The number of hydrogen-bond acceptors (Lipinski definition) is 2. The highest BCUT2D eigenvalue weighted by Crippen LogP contribution is 2.46. The molecule has 0 saturated carbocycles. The monoisotopic (exact) mass is 296 g/mol. The van der Waals surface area contributed by atoms with E-state index in [0.29, 0.717) is 24.1 Å². The summed E-state index contributed by atoms with van der Waals surface area (Å²) < 4.78 is 25.7. The van der Waals surface area contributed by atoms with Crippen LogP contribution in [0.25, 0.3) is 0 Å². The summed E-state index contributed by atoms with van der Waals surface area (Å²) in [6.07, 6.45) is -3.00. The Labute approximate surface area is 119 Å². The molecule has 1 aromatic carbocycles. The molecule has 0 unspecified atom stereocenters. The van der Waals surface area contributed by atoms with E-state index in [-0.39, 0.29) is 24.6 Å². The number of fused-ring (bicyclic) bond motifs is 2. The van der Waals surface area contributed by atoms with Crippen molar-refractivity contribution < 1.29 is 23.5 Å². The smallest absolute Gasteiger partial charge is 0.407 e. The molecule has 2 N–H and O–H groups in total. The molecule has 112 valence electrons. The summed E-state index contributed by atoms with van der Waals surface area (Å²) in [4.78, 5) is 24.5. The van der Waals surface area contributed by atoms with Gasteiger partial charge in [0.15, 0.2) is 0 Å². The van der Waals surface area contributed by atoms with E-state index < -0.39 is 17.9 Å².